The fraction of sp³-hybridized carbons (Fsp3) is 0.600. The third kappa shape index (κ3) is 4.40. The highest BCUT2D eigenvalue weighted by molar-refractivity contribution is 5.75. The summed E-state index contributed by atoms with van der Waals surface area (Å²) in [4.78, 5) is 21.9. The Kier molecular flexibility index (Phi) is 4.24. The van der Waals surface area contributed by atoms with Gasteiger partial charge in [0.1, 0.15) is 12.3 Å². The van der Waals surface area contributed by atoms with Crippen molar-refractivity contribution >= 4 is 12.1 Å². The van der Waals surface area contributed by atoms with Crippen molar-refractivity contribution in [3.05, 3.63) is 11.9 Å². The molecular formula is C10H16N4O4. The fourth-order valence-corrected chi connectivity index (χ4v) is 0.954. The van der Waals surface area contributed by atoms with Crippen molar-refractivity contribution in [2.24, 2.45) is 11.1 Å². The van der Waals surface area contributed by atoms with Crippen molar-refractivity contribution in [2.75, 3.05) is 0 Å². The molecule has 0 unspecified atom stereocenters. The summed E-state index contributed by atoms with van der Waals surface area (Å²) >= 11 is 0. The van der Waals surface area contributed by atoms with Crippen LogP contribution in [-0.2, 0) is 27.6 Å². The number of esters is 1. The zero-order valence-corrected chi connectivity index (χ0v) is 10.5. The summed E-state index contributed by atoms with van der Waals surface area (Å²) in [5.74, 6) is -0.340. The third-order valence-corrected chi connectivity index (χ3v) is 1.89. The summed E-state index contributed by atoms with van der Waals surface area (Å²) in [5.41, 5.74) is 4.65. The van der Waals surface area contributed by atoms with E-state index in [0.29, 0.717) is 5.69 Å². The molecule has 18 heavy (non-hydrogen) atoms. The van der Waals surface area contributed by atoms with Crippen LogP contribution in [0.15, 0.2) is 6.20 Å². The van der Waals surface area contributed by atoms with Gasteiger partial charge in [-0.2, -0.15) is 0 Å². The van der Waals surface area contributed by atoms with Crippen molar-refractivity contribution in [3.8, 4) is 0 Å². The number of hydrogen-bond donors (Lipinski definition) is 1. The van der Waals surface area contributed by atoms with Crippen LogP contribution in [0.25, 0.3) is 0 Å². The molecule has 0 saturated carbocycles. The normalized spacial score (nSPS) is 11.1. The molecule has 0 bridgehead atoms. The maximum Gasteiger partial charge on any atom is 0.404 e. The van der Waals surface area contributed by atoms with Gasteiger partial charge < -0.3 is 15.2 Å². The van der Waals surface area contributed by atoms with Crippen molar-refractivity contribution in [2.45, 2.75) is 34.1 Å². The molecule has 0 spiro atoms. The van der Waals surface area contributed by atoms with Crippen LogP contribution in [0.2, 0.25) is 0 Å². The fourth-order valence-electron chi connectivity index (χ4n) is 0.954. The summed E-state index contributed by atoms with van der Waals surface area (Å²) in [6, 6.07) is 0. The standard InChI is InChI=1S/C10H16N4O4/c1-10(2,3)8(15)18-6-14-4-7(12-13-14)5-17-9(11)16/h4H,5-6H2,1-3H3,(H2,11,16). The molecule has 0 fully saturated rings. The number of primary amides is 1. The Morgan fingerprint density at radius 2 is 2.06 bits per heavy atom. The average Bonchev–Trinajstić information content (AvgIpc) is 2.69. The topological polar surface area (TPSA) is 109 Å². The van der Waals surface area contributed by atoms with E-state index in [2.05, 4.69) is 15.0 Å². The number of amides is 1. The van der Waals surface area contributed by atoms with Gasteiger partial charge in [-0.05, 0) is 20.8 Å². The lowest BCUT2D eigenvalue weighted by atomic mass is 9.98. The van der Waals surface area contributed by atoms with Crippen LogP contribution in [0.4, 0.5) is 4.79 Å². The van der Waals surface area contributed by atoms with E-state index in [9.17, 15) is 9.59 Å². The number of nitrogens with zero attached hydrogens (tertiary/aromatic N) is 3. The minimum Gasteiger partial charge on any atom is -0.443 e. The highest BCUT2D eigenvalue weighted by Gasteiger charge is 2.23. The molecule has 0 aliphatic heterocycles. The van der Waals surface area contributed by atoms with Crippen LogP contribution < -0.4 is 5.73 Å². The first-order valence-electron chi connectivity index (χ1n) is 5.27. The molecule has 2 N–H and O–H groups in total. The lowest BCUT2D eigenvalue weighted by molar-refractivity contribution is -0.157. The molecule has 0 aliphatic carbocycles. The van der Waals surface area contributed by atoms with Crippen LogP contribution in [0, 0.1) is 5.41 Å². The molecule has 0 atom stereocenters. The summed E-state index contributed by atoms with van der Waals surface area (Å²) < 4.78 is 10.9. The molecule has 0 saturated heterocycles. The van der Waals surface area contributed by atoms with E-state index < -0.39 is 11.5 Å². The van der Waals surface area contributed by atoms with Gasteiger partial charge in [-0.25, -0.2) is 9.48 Å². The Morgan fingerprint density at radius 3 is 2.61 bits per heavy atom. The summed E-state index contributed by atoms with van der Waals surface area (Å²) in [6.07, 6.45) is 0.613. The van der Waals surface area contributed by atoms with Crippen molar-refractivity contribution in [3.63, 3.8) is 0 Å². The smallest absolute Gasteiger partial charge is 0.404 e. The number of rotatable bonds is 4. The summed E-state index contributed by atoms with van der Waals surface area (Å²) in [7, 11) is 0. The van der Waals surface area contributed by atoms with Crippen molar-refractivity contribution in [1.82, 2.24) is 15.0 Å². The summed E-state index contributed by atoms with van der Waals surface area (Å²) in [6.45, 7) is 5.15. The zero-order valence-electron chi connectivity index (χ0n) is 10.5. The van der Waals surface area contributed by atoms with Crippen molar-refractivity contribution < 1.29 is 19.1 Å². The highest BCUT2D eigenvalue weighted by atomic mass is 16.5. The molecule has 1 aromatic heterocycles. The number of carbonyl (C=O) groups excluding carboxylic acids is 2. The molecule has 100 valence electrons. The predicted molar refractivity (Wildman–Crippen MR) is 59.9 cm³/mol. The van der Waals surface area contributed by atoms with Crippen molar-refractivity contribution in [1.29, 1.82) is 0 Å². The zero-order chi connectivity index (χ0) is 13.8. The van der Waals surface area contributed by atoms with E-state index in [1.54, 1.807) is 20.8 Å². The molecule has 0 aliphatic rings. The minimum absolute atomic E-state index is 0.0420. The lowest BCUT2D eigenvalue weighted by Gasteiger charge is -2.15. The number of hydrogen-bond acceptors (Lipinski definition) is 6. The Labute approximate surface area is 104 Å². The minimum atomic E-state index is -0.885. The first kappa shape index (κ1) is 13.9. The van der Waals surface area contributed by atoms with Crippen LogP contribution >= 0.6 is 0 Å². The Morgan fingerprint density at radius 1 is 1.39 bits per heavy atom. The number of aromatic nitrogens is 3. The van der Waals surface area contributed by atoms with E-state index in [-0.39, 0.29) is 19.3 Å². The van der Waals surface area contributed by atoms with Crippen LogP contribution in [0.3, 0.4) is 0 Å². The van der Waals surface area contributed by atoms with Gasteiger partial charge in [-0.3, -0.25) is 4.79 Å². The molecule has 0 aromatic carbocycles. The van der Waals surface area contributed by atoms with Gasteiger partial charge in [-0.1, -0.05) is 5.21 Å². The van der Waals surface area contributed by atoms with E-state index in [1.165, 1.54) is 10.9 Å². The van der Waals surface area contributed by atoms with Crippen LogP contribution in [-0.4, -0.2) is 27.1 Å². The van der Waals surface area contributed by atoms with Gasteiger partial charge in [0.25, 0.3) is 0 Å². The van der Waals surface area contributed by atoms with Gasteiger partial charge >= 0.3 is 12.1 Å². The second kappa shape index (κ2) is 5.48. The van der Waals surface area contributed by atoms with Gasteiger partial charge in [0.2, 0.25) is 0 Å². The second-order valence-corrected chi connectivity index (χ2v) is 4.67. The maximum atomic E-state index is 11.5. The number of nitrogens with two attached hydrogens (primary N) is 1. The second-order valence-electron chi connectivity index (χ2n) is 4.67. The number of ether oxygens (including phenoxy) is 2. The Balaban J connectivity index is 2.45. The largest absolute Gasteiger partial charge is 0.443 e. The molecule has 0 radical (unpaired) electrons. The van der Waals surface area contributed by atoms with E-state index in [1.807, 2.05) is 0 Å². The molecular weight excluding hydrogens is 240 g/mol. The molecule has 1 amide bonds. The maximum absolute atomic E-state index is 11.5. The highest BCUT2D eigenvalue weighted by Crippen LogP contribution is 2.15. The molecule has 1 rings (SSSR count). The molecule has 1 heterocycles. The SMILES string of the molecule is CC(C)(C)C(=O)OCn1cc(COC(N)=O)nn1. The average molecular weight is 256 g/mol. The van der Waals surface area contributed by atoms with E-state index in [0.717, 1.165) is 0 Å². The molecule has 8 nitrogen and oxygen atoms in total. The molecule has 8 heteroatoms. The summed E-state index contributed by atoms with van der Waals surface area (Å²) in [5, 5.41) is 7.42. The van der Waals surface area contributed by atoms with E-state index in [4.69, 9.17) is 10.5 Å². The Hall–Kier alpha value is -2.12. The van der Waals surface area contributed by atoms with Gasteiger partial charge in [0.05, 0.1) is 11.6 Å². The predicted octanol–water partition coefficient (Wildman–Crippen LogP) is 0.420. The first-order valence-corrected chi connectivity index (χ1v) is 5.27. The quantitative estimate of drug-likeness (QED) is 0.782. The van der Waals surface area contributed by atoms with Gasteiger partial charge in [0.15, 0.2) is 6.73 Å². The lowest BCUT2D eigenvalue weighted by Crippen LogP contribution is -2.24. The van der Waals surface area contributed by atoms with Crippen LogP contribution in [0.1, 0.15) is 26.5 Å². The van der Waals surface area contributed by atoms with E-state index >= 15 is 0 Å². The van der Waals surface area contributed by atoms with Gasteiger partial charge in [-0.15, -0.1) is 5.10 Å². The number of carbonyl (C=O) groups is 2. The Bertz CT molecular complexity index is 435. The van der Waals surface area contributed by atoms with Crippen LogP contribution in [0.5, 0.6) is 0 Å². The third-order valence-electron chi connectivity index (χ3n) is 1.89. The monoisotopic (exact) mass is 256 g/mol. The first-order chi connectivity index (χ1) is 8.29. The molecule has 1 aromatic rings. The van der Waals surface area contributed by atoms with Gasteiger partial charge in [0, 0.05) is 0 Å².